The van der Waals surface area contributed by atoms with Crippen LogP contribution in [0.5, 0.6) is 0 Å². The molecule has 1 heterocycles. The van der Waals surface area contributed by atoms with E-state index in [-0.39, 0.29) is 5.54 Å². The largest absolute Gasteiger partial charge is 0.357 e. The molecule has 0 saturated carbocycles. The number of allylic oxidation sites excluding steroid dienone is 1. The first-order chi connectivity index (χ1) is 6.47. The quantitative estimate of drug-likeness (QED) is 0.781. The van der Waals surface area contributed by atoms with Crippen molar-refractivity contribution in [2.75, 3.05) is 0 Å². The molecule has 1 aromatic rings. The van der Waals surface area contributed by atoms with E-state index in [2.05, 4.69) is 38.3 Å². The molecular weight excluding hydrogens is 172 g/mol. The van der Waals surface area contributed by atoms with E-state index in [1.165, 1.54) is 5.56 Å². The topological polar surface area (TPSA) is 30.9 Å². The Balaban J connectivity index is 2.35. The fraction of sp³-hybridized carbons (Fsp3) is 0.500. The first-order valence-corrected chi connectivity index (χ1v) is 5.05. The second-order valence-electron chi connectivity index (χ2n) is 4.54. The number of aryl methyl sites for hydroxylation is 1. The van der Waals surface area contributed by atoms with Gasteiger partial charge in [0.05, 0.1) is 0 Å². The Morgan fingerprint density at radius 1 is 1.50 bits per heavy atom. The molecule has 14 heavy (non-hydrogen) atoms. The Kier molecular flexibility index (Phi) is 3.53. The minimum atomic E-state index is -0.0545. The van der Waals surface area contributed by atoms with Gasteiger partial charge in [0.15, 0.2) is 0 Å². The minimum Gasteiger partial charge on any atom is -0.357 e. The minimum absolute atomic E-state index is 0.0545. The van der Waals surface area contributed by atoms with E-state index in [4.69, 9.17) is 5.73 Å². The van der Waals surface area contributed by atoms with E-state index >= 15 is 0 Å². The maximum absolute atomic E-state index is 5.88. The van der Waals surface area contributed by atoms with Gasteiger partial charge in [-0.05, 0) is 38.3 Å². The lowest BCUT2D eigenvalue weighted by Gasteiger charge is -2.16. The summed E-state index contributed by atoms with van der Waals surface area (Å²) in [5, 5.41) is 0. The van der Waals surface area contributed by atoms with E-state index in [9.17, 15) is 0 Å². The third-order valence-corrected chi connectivity index (χ3v) is 2.12. The average molecular weight is 192 g/mol. The van der Waals surface area contributed by atoms with Crippen LogP contribution in [0.15, 0.2) is 24.5 Å². The highest BCUT2D eigenvalue weighted by Gasteiger charge is 2.07. The van der Waals surface area contributed by atoms with Crippen molar-refractivity contribution in [3.8, 4) is 0 Å². The number of hydrogen-bond donors (Lipinski definition) is 1. The maximum atomic E-state index is 5.88. The van der Waals surface area contributed by atoms with Crippen LogP contribution in [0.3, 0.4) is 0 Å². The molecular formula is C12H20N2. The zero-order valence-electron chi connectivity index (χ0n) is 9.33. The zero-order valence-corrected chi connectivity index (χ0v) is 9.33. The van der Waals surface area contributed by atoms with Gasteiger partial charge < -0.3 is 10.3 Å². The summed E-state index contributed by atoms with van der Waals surface area (Å²) in [6, 6.07) is 2.10. The fourth-order valence-corrected chi connectivity index (χ4v) is 1.30. The highest BCUT2D eigenvalue weighted by Crippen LogP contribution is 2.09. The Labute approximate surface area is 86.4 Å². The third kappa shape index (κ3) is 4.28. The van der Waals surface area contributed by atoms with E-state index < -0.39 is 0 Å². The van der Waals surface area contributed by atoms with Gasteiger partial charge in [-0.2, -0.15) is 0 Å². The molecule has 1 rings (SSSR count). The van der Waals surface area contributed by atoms with Gasteiger partial charge >= 0.3 is 0 Å². The molecule has 0 saturated heterocycles. The molecule has 0 atom stereocenters. The van der Waals surface area contributed by atoms with Crippen molar-refractivity contribution in [3.05, 3.63) is 30.1 Å². The lowest BCUT2D eigenvalue weighted by atomic mass is 10.00. The van der Waals surface area contributed by atoms with Crippen molar-refractivity contribution in [2.24, 2.45) is 12.8 Å². The van der Waals surface area contributed by atoms with Crippen LogP contribution in [0.2, 0.25) is 0 Å². The molecule has 1 aromatic heterocycles. The summed E-state index contributed by atoms with van der Waals surface area (Å²) in [7, 11) is 2.03. The number of nitrogens with two attached hydrogens (primary N) is 1. The van der Waals surface area contributed by atoms with Crippen molar-refractivity contribution in [1.29, 1.82) is 0 Å². The molecule has 0 radical (unpaired) electrons. The molecule has 0 unspecified atom stereocenters. The molecule has 0 aromatic carbocycles. The van der Waals surface area contributed by atoms with Gasteiger partial charge in [0, 0.05) is 25.0 Å². The molecule has 78 valence electrons. The Hall–Kier alpha value is -1.02. The van der Waals surface area contributed by atoms with Gasteiger partial charge in [0.1, 0.15) is 0 Å². The predicted molar refractivity (Wildman–Crippen MR) is 61.9 cm³/mol. The smallest absolute Gasteiger partial charge is 0.0106 e. The molecule has 0 bridgehead atoms. The van der Waals surface area contributed by atoms with Crippen molar-refractivity contribution >= 4 is 6.08 Å². The first kappa shape index (κ1) is 11.1. The third-order valence-electron chi connectivity index (χ3n) is 2.12. The SMILES string of the molecule is Cn1ccc(/C=C/CCC(C)(C)N)c1. The van der Waals surface area contributed by atoms with Crippen LogP contribution in [0, 0.1) is 0 Å². The molecule has 0 amide bonds. The van der Waals surface area contributed by atoms with Crippen molar-refractivity contribution in [3.63, 3.8) is 0 Å². The van der Waals surface area contributed by atoms with E-state index in [1.54, 1.807) is 0 Å². The highest BCUT2D eigenvalue weighted by atomic mass is 14.9. The standard InChI is InChI=1S/C12H20N2/c1-12(2,13)8-5-4-6-11-7-9-14(3)10-11/h4,6-7,9-10H,5,8,13H2,1-3H3/b6-4+. The zero-order chi connectivity index (χ0) is 10.6. The van der Waals surface area contributed by atoms with Crippen LogP contribution in [0.25, 0.3) is 6.08 Å². The second kappa shape index (κ2) is 4.47. The molecule has 0 aliphatic carbocycles. The van der Waals surface area contributed by atoms with E-state index in [0.717, 1.165) is 12.8 Å². The molecule has 2 N–H and O–H groups in total. The van der Waals surface area contributed by atoms with Crippen LogP contribution >= 0.6 is 0 Å². The maximum Gasteiger partial charge on any atom is 0.0106 e. The number of hydrogen-bond acceptors (Lipinski definition) is 1. The van der Waals surface area contributed by atoms with Gasteiger partial charge in [-0.1, -0.05) is 12.2 Å². The van der Waals surface area contributed by atoms with Crippen molar-refractivity contribution in [2.45, 2.75) is 32.2 Å². The Morgan fingerprint density at radius 3 is 2.71 bits per heavy atom. The fourth-order valence-electron chi connectivity index (χ4n) is 1.30. The summed E-state index contributed by atoms with van der Waals surface area (Å²) < 4.78 is 2.05. The summed E-state index contributed by atoms with van der Waals surface area (Å²) in [6.07, 6.45) is 10.5. The Morgan fingerprint density at radius 2 is 2.21 bits per heavy atom. The number of nitrogens with zero attached hydrogens (tertiary/aromatic N) is 1. The summed E-state index contributed by atoms with van der Waals surface area (Å²) in [6.45, 7) is 4.12. The summed E-state index contributed by atoms with van der Waals surface area (Å²) in [4.78, 5) is 0. The van der Waals surface area contributed by atoms with Gasteiger partial charge in [-0.25, -0.2) is 0 Å². The van der Waals surface area contributed by atoms with E-state index in [0.29, 0.717) is 0 Å². The second-order valence-corrected chi connectivity index (χ2v) is 4.54. The van der Waals surface area contributed by atoms with Crippen LogP contribution in [0.1, 0.15) is 32.3 Å². The summed E-state index contributed by atoms with van der Waals surface area (Å²) >= 11 is 0. The van der Waals surface area contributed by atoms with Crippen LogP contribution < -0.4 is 5.73 Å². The summed E-state index contributed by atoms with van der Waals surface area (Å²) in [5.74, 6) is 0. The molecule has 0 fully saturated rings. The first-order valence-electron chi connectivity index (χ1n) is 5.05. The average Bonchev–Trinajstić information content (AvgIpc) is 2.44. The lowest BCUT2D eigenvalue weighted by molar-refractivity contribution is 0.482. The lowest BCUT2D eigenvalue weighted by Crippen LogP contribution is -2.31. The molecule has 0 spiro atoms. The van der Waals surface area contributed by atoms with Gasteiger partial charge in [-0.15, -0.1) is 0 Å². The molecule has 0 aliphatic rings. The van der Waals surface area contributed by atoms with Crippen molar-refractivity contribution in [1.82, 2.24) is 4.57 Å². The summed E-state index contributed by atoms with van der Waals surface area (Å²) in [5.41, 5.74) is 7.08. The number of aromatic nitrogens is 1. The molecule has 2 nitrogen and oxygen atoms in total. The van der Waals surface area contributed by atoms with Gasteiger partial charge in [-0.3, -0.25) is 0 Å². The van der Waals surface area contributed by atoms with Gasteiger partial charge in [0.25, 0.3) is 0 Å². The van der Waals surface area contributed by atoms with Crippen LogP contribution in [0.4, 0.5) is 0 Å². The Bertz CT molecular complexity index is 302. The van der Waals surface area contributed by atoms with Crippen LogP contribution in [-0.4, -0.2) is 10.1 Å². The normalized spacial score (nSPS) is 12.6. The predicted octanol–water partition coefficient (Wildman–Crippen LogP) is 2.56. The van der Waals surface area contributed by atoms with Crippen LogP contribution in [-0.2, 0) is 7.05 Å². The number of rotatable bonds is 4. The highest BCUT2D eigenvalue weighted by molar-refractivity contribution is 5.47. The molecule has 0 aliphatic heterocycles. The van der Waals surface area contributed by atoms with Gasteiger partial charge in [0.2, 0.25) is 0 Å². The monoisotopic (exact) mass is 192 g/mol. The van der Waals surface area contributed by atoms with Crippen molar-refractivity contribution < 1.29 is 0 Å². The molecule has 2 heteroatoms. The van der Waals surface area contributed by atoms with E-state index in [1.807, 2.05) is 17.8 Å².